The molecular weight excluding hydrogens is 224 g/mol. The van der Waals surface area contributed by atoms with Crippen molar-refractivity contribution >= 4 is 10.9 Å². The summed E-state index contributed by atoms with van der Waals surface area (Å²) in [4.78, 5) is 0. The number of aromatic nitrogens is 1. The van der Waals surface area contributed by atoms with Crippen LogP contribution in [0, 0.1) is 0 Å². The standard InChI is InChI=1S/C15H22N2O/c1-3-11-18-14-5-6-15-13(12-14)7-10-17(15)9-4-8-16-2/h5-7,10,12,16H,3-4,8-9,11H2,1-2H3. The second-order valence-corrected chi connectivity index (χ2v) is 4.54. The molecule has 0 unspecified atom stereocenters. The molecule has 2 aromatic rings. The zero-order chi connectivity index (χ0) is 12.8. The Kier molecular flexibility index (Phi) is 4.65. The van der Waals surface area contributed by atoms with E-state index in [1.165, 1.54) is 10.9 Å². The lowest BCUT2D eigenvalue weighted by Crippen LogP contribution is -2.10. The van der Waals surface area contributed by atoms with Crippen LogP contribution in [0.5, 0.6) is 5.75 Å². The van der Waals surface area contributed by atoms with Gasteiger partial charge in [0.05, 0.1) is 6.61 Å². The fourth-order valence-corrected chi connectivity index (χ4v) is 2.11. The van der Waals surface area contributed by atoms with Gasteiger partial charge in [-0.2, -0.15) is 0 Å². The van der Waals surface area contributed by atoms with Crippen molar-refractivity contribution in [2.24, 2.45) is 0 Å². The van der Waals surface area contributed by atoms with E-state index < -0.39 is 0 Å². The normalized spacial score (nSPS) is 11.0. The van der Waals surface area contributed by atoms with Gasteiger partial charge in [0.2, 0.25) is 0 Å². The Labute approximate surface area is 109 Å². The van der Waals surface area contributed by atoms with E-state index in [1.54, 1.807) is 0 Å². The summed E-state index contributed by atoms with van der Waals surface area (Å²) in [5.74, 6) is 0.970. The highest BCUT2D eigenvalue weighted by Gasteiger charge is 2.02. The summed E-state index contributed by atoms with van der Waals surface area (Å²) in [6, 6.07) is 8.50. The van der Waals surface area contributed by atoms with Crippen LogP contribution in [0.2, 0.25) is 0 Å². The van der Waals surface area contributed by atoms with Gasteiger partial charge in [0.15, 0.2) is 0 Å². The van der Waals surface area contributed by atoms with E-state index in [9.17, 15) is 0 Å². The van der Waals surface area contributed by atoms with Crippen LogP contribution in [0.3, 0.4) is 0 Å². The van der Waals surface area contributed by atoms with Crippen LogP contribution in [0.25, 0.3) is 10.9 Å². The highest BCUT2D eigenvalue weighted by Crippen LogP contribution is 2.22. The Balaban J connectivity index is 2.10. The van der Waals surface area contributed by atoms with E-state index in [0.717, 1.165) is 38.3 Å². The summed E-state index contributed by atoms with van der Waals surface area (Å²) >= 11 is 0. The summed E-state index contributed by atoms with van der Waals surface area (Å²) in [6.07, 6.45) is 4.35. The number of nitrogens with zero attached hydrogens (tertiary/aromatic N) is 1. The number of benzene rings is 1. The number of nitrogens with one attached hydrogen (secondary N) is 1. The van der Waals surface area contributed by atoms with Crippen LogP contribution in [-0.4, -0.2) is 24.8 Å². The highest BCUT2D eigenvalue weighted by atomic mass is 16.5. The molecule has 1 N–H and O–H groups in total. The quantitative estimate of drug-likeness (QED) is 0.760. The van der Waals surface area contributed by atoms with Crippen molar-refractivity contribution in [2.75, 3.05) is 20.2 Å². The minimum atomic E-state index is 0.786. The minimum Gasteiger partial charge on any atom is -0.494 e. The van der Waals surface area contributed by atoms with E-state index in [0.29, 0.717) is 0 Å². The third kappa shape index (κ3) is 3.05. The largest absolute Gasteiger partial charge is 0.494 e. The topological polar surface area (TPSA) is 26.2 Å². The second kappa shape index (κ2) is 6.45. The van der Waals surface area contributed by atoms with Crippen LogP contribution in [0.1, 0.15) is 19.8 Å². The second-order valence-electron chi connectivity index (χ2n) is 4.54. The minimum absolute atomic E-state index is 0.786. The van der Waals surface area contributed by atoms with Crippen molar-refractivity contribution in [1.29, 1.82) is 0 Å². The Bertz CT molecular complexity index is 490. The van der Waals surface area contributed by atoms with Gasteiger partial charge >= 0.3 is 0 Å². The molecule has 0 saturated heterocycles. The van der Waals surface area contributed by atoms with Crippen molar-refractivity contribution < 1.29 is 4.74 Å². The Hall–Kier alpha value is -1.48. The number of fused-ring (bicyclic) bond motifs is 1. The SMILES string of the molecule is CCCOc1ccc2c(ccn2CCCNC)c1. The maximum atomic E-state index is 5.65. The molecule has 0 bridgehead atoms. The number of aryl methyl sites for hydroxylation is 1. The maximum Gasteiger partial charge on any atom is 0.120 e. The predicted molar refractivity (Wildman–Crippen MR) is 76.3 cm³/mol. The lowest BCUT2D eigenvalue weighted by molar-refractivity contribution is 0.318. The molecule has 0 atom stereocenters. The van der Waals surface area contributed by atoms with Crippen molar-refractivity contribution in [3.05, 3.63) is 30.5 Å². The van der Waals surface area contributed by atoms with Crippen LogP contribution >= 0.6 is 0 Å². The van der Waals surface area contributed by atoms with Crippen molar-refractivity contribution in [1.82, 2.24) is 9.88 Å². The zero-order valence-electron chi connectivity index (χ0n) is 11.3. The molecule has 1 aromatic carbocycles. The molecule has 1 heterocycles. The first-order valence-electron chi connectivity index (χ1n) is 6.71. The van der Waals surface area contributed by atoms with E-state index in [2.05, 4.69) is 47.3 Å². The van der Waals surface area contributed by atoms with Gasteiger partial charge < -0.3 is 14.6 Å². The smallest absolute Gasteiger partial charge is 0.120 e. The molecule has 0 aliphatic rings. The molecule has 3 heteroatoms. The fraction of sp³-hybridized carbons (Fsp3) is 0.467. The summed E-state index contributed by atoms with van der Waals surface area (Å²) in [5.41, 5.74) is 1.29. The van der Waals surface area contributed by atoms with Crippen LogP contribution in [0.4, 0.5) is 0 Å². The summed E-state index contributed by atoms with van der Waals surface area (Å²) in [7, 11) is 1.99. The summed E-state index contributed by atoms with van der Waals surface area (Å²) in [6.45, 7) is 5.02. The molecule has 0 amide bonds. The highest BCUT2D eigenvalue weighted by molar-refractivity contribution is 5.81. The predicted octanol–water partition coefficient (Wildman–Crippen LogP) is 3.04. The summed E-state index contributed by atoms with van der Waals surface area (Å²) < 4.78 is 7.95. The van der Waals surface area contributed by atoms with Crippen LogP contribution in [0.15, 0.2) is 30.5 Å². The first-order chi connectivity index (χ1) is 8.85. The van der Waals surface area contributed by atoms with E-state index in [1.807, 2.05) is 7.05 Å². The van der Waals surface area contributed by atoms with Crippen molar-refractivity contribution in [3.8, 4) is 5.75 Å². The van der Waals surface area contributed by atoms with E-state index in [-0.39, 0.29) is 0 Å². The van der Waals surface area contributed by atoms with Crippen molar-refractivity contribution in [2.45, 2.75) is 26.3 Å². The third-order valence-corrected chi connectivity index (χ3v) is 3.04. The van der Waals surface area contributed by atoms with Gasteiger partial charge in [-0.1, -0.05) is 6.92 Å². The third-order valence-electron chi connectivity index (χ3n) is 3.04. The summed E-state index contributed by atoms with van der Waals surface area (Å²) in [5, 5.41) is 4.43. The van der Waals surface area contributed by atoms with Gasteiger partial charge in [0.25, 0.3) is 0 Å². The first-order valence-corrected chi connectivity index (χ1v) is 6.71. The molecule has 0 fully saturated rings. The lowest BCUT2D eigenvalue weighted by Gasteiger charge is -2.07. The number of hydrogen-bond donors (Lipinski definition) is 1. The van der Waals surface area contributed by atoms with Gasteiger partial charge in [0.1, 0.15) is 5.75 Å². The van der Waals surface area contributed by atoms with E-state index >= 15 is 0 Å². The monoisotopic (exact) mass is 246 g/mol. The molecule has 0 aliphatic heterocycles. The zero-order valence-corrected chi connectivity index (χ0v) is 11.3. The first kappa shape index (κ1) is 13.0. The number of rotatable bonds is 7. The average Bonchev–Trinajstić information content (AvgIpc) is 2.79. The van der Waals surface area contributed by atoms with Gasteiger partial charge in [-0.05, 0) is 50.7 Å². The van der Waals surface area contributed by atoms with Gasteiger partial charge in [0, 0.05) is 23.6 Å². The molecule has 0 aliphatic carbocycles. The molecule has 0 radical (unpaired) electrons. The Morgan fingerprint density at radius 3 is 2.94 bits per heavy atom. The Morgan fingerprint density at radius 1 is 1.28 bits per heavy atom. The molecule has 0 spiro atoms. The van der Waals surface area contributed by atoms with E-state index in [4.69, 9.17) is 4.74 Å². The van der Waals surface area contributed by atoms with Gasteiger partial charge in [-0.15, -0.1) is 0 Å². The van der Waals surface area contributed by atoms with Crippen LogP contribution < -0.4 is 10.1 Å². The molecule has 1 aromatic heterocycles. The Morgan fingerprint density at radius 2 is 2.17 bits per heavy atom. The maximum absolute atomic E-state index is 5.65. The number of hydrogen-bond acceptors (Lipinski definition) is 2. The van der Waals surface area contributed by atoms with Crippen molar-refractivity contribution in [3.63, 3.8) is 0 Å². The van der Waals surface area contributed by atoms with Gasteiger partial charge in [-0.3, -0.25) is 0 Å². The lowest BCUT2D eigenvalue weighted by atomic mass is 10.2. The molecule has 98 valence electrons. The molecule has 18 heavy (non-hydrogen) atoms. The van der Waals surface area contributed by atoms with Crippen LogP contribution in [-0.2, 0) is 6.54 Å². The van der Waals surface area contributed by atoms with Gasteiger partial charge in [-0.25, -0.2) is 0 Å². The molecular formula is C15H22N2O. The molecule has 3 nitrogen and oxygen atoms in total. The molecule has 0 saturated carbocycles. The average molecular weight is 246 g/mol. The fourth-order valence-electron chi connectivity index (χ4n) is 2.11. The molecule has 2 rings (SSSR count). The number of ether oxygens (including phenoxy) is 1.